The van der Waals surface area contributed by atoms with Gasteiger partial charge in [0, 0.05) is 38.8 Å². The monoisotopic (exact) mass is 388 g/mol. The molecule has 0 spiro atoms. The van der Waals surface area contributed by atoms with Crippen LogP contribution in [0.5, 0.6) is 11.5 Å². The zero-order chi connectivity index (χ0) is 20.4. The largest absolute Gasteiger partial charge is 0.493 e. The Hall–Kier alpha value is -3.16. The van der Waals surface area contributed by atoms with Gasteiger partial charge in [-0.1, -0.05) is 0 Å². The van der Waals surface area contributed by atoms with Crippen LogP contribution in [0.2, 0.25) is 0 Å². The van der Waals surface area contributed by atoms with Gasteiger partial charge in [0.15, 0.2) is 17.5 Å². The van der Waals surface area contributed by atoms with E-state index in [-0.39, 0.29) is 12.5 Å². The predicted molar refractivity (Wildman–Crippen MR) is 109 cm³/mol. The van der Waals surface area contributed by atoms with Crippen molar-refractivity contribution in [2.75, 3.05) is 46.2 Å². The van der Waals surface area contributed by atoms with Crippen molar-refractivity contribution in [3.05, 3.63) is 42.4 Å². The van der Waals surface area contributed by atoms with E-state index in [0.717, 1.165) is 11.4 Å². The lowest BCUT2D eigenvalue weighted by molar-refractivity contribution is -0.127. The maximum Gasteiger partial charge on any atom is 0.243 e. The van der Waals surface area contributed by atoms with Crippen LogP contribution in [0.15, 0.2) is 46.0 Å². The summed E-state index contributed by atoms with van der Waals surface area (Å²) in [6, 6.07) is 9.28. The molecule has 1 amide bonds. The fourth-order valence-electron chi connectivity index (χ4n) is 2.35. The average Bonchev–Trinajstić information content (AvgIpc) is 3.19. The van der Waals surface area contributed by atoms with Gasteiger partial charge >= 0.3 is 0 Å². The van der Waals surface area contributed by atoms with Gasteiger partial charge in [-0.15, -0.1) is 0 Å². The second-order valence-electron chi connectivity index (χ2n) is 6.13. The molecule has 8 heteroatoms. The first-order valence-electron chi connectivity index (χ1n) is 9.12. The van der Waals surface area contributed by atoms with Gasteiger partial charge in [0.05, 0.1) is 20.0 Å². The Morgan fingerprint density at radius 2 is 2.07 bits per heavy atom. The number of guanidine groups is 1. The van der Waals surface area contributed by atoms with E-state index in [2.05, 4.69) is 15.6 Å². The molecule has 0 bridgehead atoms. The molecule has 8 nitrogen and oxygen atoms in total. The van der Waals surface area contributed by atoms with E-state index in [4.69, 9.17) is 13.9 Å². The summed E-state index contributed by atoms with van der Waals surface area (Å²) in [5.74, 6) is 2.57. The summed E-state index contributed by atoms with van der Waals surface area (Å²) in [5.41, 5.74) is 0.769. The quantitative estimate of drug-likeness (QED) is 0.507. The van der Waals surface area contributed by atoms with E-state index in [0.29, 0.717) is 37.0 Å². The molecule has 2 rings (SSSR count). The number of likely N-dealkylation sites (N-methyl/N-ethyl adjacent to an activating group) is 1. The highest BCUT2D eigenvalue weighted by Crippen LogP contribution is 2.30. The topological polar surface area (TPSA) is 88.3 Å². The molecule has 0 atom stereocenters. The molecule has 0 saturated carbocycles. The van der Waals surface area contributed by atoms with Crippen LogP contribution in [0.3, 0.4) is 0 Å². The van der Waals surface area contributed by atoms with Crippen molar-refractivity contribution in [2.24, 2.45) is 4.99 Å². The summed E-state index contributed by atoms with van der Waals surface area (Å²) >= 11 is 0. The van der Waals surface area contributed by atoms with E-state index in [1.165, 1.54) is 4.90 Å². The molecule has 0 aliphatic carbocycles. The Morgan fingerprint density at radius 1 is 1.25 bits per heavy atom. The first-order valence-corrected chi connectivity index (χ1v) is 9.12. The number of furan rings is 1. The maximum atomic E-state index is 11.9. The number of nitrogens with one attached hydrogen (secondary N) is 2. The smallest absolute Gasteiger partial charge is 0.243 e. The molecule has 2 N–H and O–H groups in total. The van der Waals surface area contributed by atoms with E-state index < -0.39 is 0 Å². The van der Waals surface area contributed by atoms with Gasteiger partial charge in [-0.3, -0.25) is 4.79 Å². The summed E-state index contributed by atoms with van der Waals surface area (Å²) in [6.07, 6.45) is 2.34. The first kappa shape index (κ1) is 21.1. The molecule has 0 radical (unpaired) electrons. The summed E-state index contributed by atoms with van der Waals surface area (Å²) in [6.45, 7) is 3.08. The minimum absolute atomic E-state index is 0.0392. The molecular weight excluding hydrogens is 360 g/mol. The minimum atomic E-state index is -0.0862. The number of hydrogen-bond donors (Lipinski definition) is 2. The first-order chi connectivity index (χ1) is 13.5. The molecule has 0 aliphatic rings. The molecule has 2 aromatic rings. The Kier molecular flexibility index (Phi) is 8.20. The molecule has 1 heterocycles. The minimum Gasteiger partial charge on any atom is -0.493 e. The van der Waals surface area contributed by atoms with E-state index in [1.54, 1.807) is 27.5 Å². The normalized spacial score (nSPS) is 11.1. The predicted octanol–water partition coefficient (Wildman–Crippen LogP) is 2.38. The molecular formula is C20H28N4O4. The Morgan fingerprint density at radius 3 is 2.71 bits per heavy atom. The molecule has 0 aliphatic heterocycles. The Labute approximate surface area is 165 Å². The molecule has 0 unspecified atom stereocenters. The molecule has 1 aromatic carbocycles. The van der Waals surface area contributed by atoms with Crippen molar-refractivity contribution in [1.82, 2.24) is 10.2 Å². The molecule has 0 fully saturated rings. The number of nitrogens with zero attached hydrogens (tertiary/aromatic N) is 2. The molecule has 152 valence electrons. The lowest BCUT2D eigenvalue weighted by Gasteiger charge is -2.15. The molecule has 28 heavy (non-hydrogen) atoms. The molecule has 0 saturated heterocycles. The van der Waals surface area contributed by atoms with Crippen molar-refractivity contribution in [1.29, 1.82) is 0 Å². The number of methoxy groups -OCH3 is 1. The zero-order valence-electron chi connectivity index (χ0n) is 16.8. The number of benzene rings is 1. The van der Waals surface area contributed by atoms with Gasteiger partial charge in [0.2, 0.25) is 5.91 Å². The third-order valence-electron chi connectivity index (χ3n) is 3.84. The third kappa shape index (κ3) is 6.53. The fraction of sp³-hybridized carbons (Fsp3) is 0.400. The van der Waals surface area contributed by atoms with Crippen LogP contribution < -0.4 is 20.1 Å². The third-order valence-corrected chi connectivity index (χ3v) is 3.84. The average molecular weight is 388 g/mol. The lowest BCUT2D eigenvalue weighted by atomic mass is 10.2. The summed E-state index contributed by atoms with van der Waals surface area (Å²) in [7, 11) is 5.00. The van der Waals surface area contributed by atoms with Crippen molar-refractivity contribution in [2.45, 2.75) is 13.3 Å². The van der Waals surface area contributed by atoms with Gasteiger partial charge in [-0.2, -0.15) is 0 Å². The zero-order valence-corrected chi connectivity index (χ0v) is 16.8. The van der Waals surface area contributed by atoms with Gasteiger partial charge in [-0.25, -0.2) is 4.99 Å². The summed E-state index contributed by atoms with van der Waals surface area (Å²) in [5, 5.41) is 6.42. The second-order valence-corrected chi connectivity index (χ2v) is 6.13. The van der Waals surface area contributed by atoms with Crippen molar-refractivity contribution in [3.8, 4) is 11.5 Å². The number of carbonyl (C=O) groups excluding carboxylic acids is 1. The number of hydrogen-bond acceptors (Lipinski definition) is 5. The van der Waals surface area contributed by atoms with Crippen LogP contribution in [0.4, 0.5) is 5.69 Å². The van der Waals surface area contributed by atoms with Crippen LogP contribution in [-0.2, 0) is 11.2 Å². The standard InChI is InChI=1S/C20H28N4O4/c1-5-27-18-13-15(8-9-17(18)26-4)23-20(22-14-19(25)24(2)3)21-11-10-16-7-6-12-28-16/h6-9,12-13H,5,10-11,14H2,1-4H3,(H2,21,22,23). The van der Waals surface area contributed by atoms with E-state index in [9.17, 15) is 4.79 Å². The van der Waals surface area contributed by atoms with E-state index in [1.807, 2.05) is 37.3 Å². The SMILES string of the molecule is CCOc1cc(NC(=NCC(=O)N(C)C)NCCc2ccco2)ccc1OC. The van der Waals surface area contributed by atoms with Gasteiger partial charge < -0.3 is 29.4 Å². The van der Waals surface area contributed by atoms with Crippen LogP contribution in [0.1, 0.15) is 12.7 Å². The highest BCUT2D eigenvalue weighted by atomic mass is 16.5. The number of anilines is 1. The number of carbonyl (C=O) groups is 1. The van der Waals surface area contributed by atoms with Gasteiger partial charge in [-0.05, 0) is 31.2 Å². The van der Waals surface area contributed by atoms with Crippen molar-refractivity contribution in [3.63, 3.8) is 0 Å². The maximum absolute atomic E-state index is 11.9. The molecule has 1 aromatic heterocycles. The number of ether oxygens (including phenoxy) is 2. The highest BCUT2D eigenvalue weighted by molar-refractivity contribution is 5.95. The van der Waals surface area contributed by atoms with Gasteiger partial charge in [0.1, 0.15) is 12.3 Å². The summed E-state index contributed by atoms with van der Waals surface area (Å²) in [4.78, 5) is 17.8. The number of rotatable bonds is 9. The Bertz CT molecular complexity index is 773. The van der Waals surface area contributed by atoms with Crippen molar-refractivity contribution < 1.29 is 18.7 Å². The van der Waals surface area contributed by atoms with Crippen molar-refractivity contribution >= 4 is 17.6 Å². The van der Waals surface area contributed by atoms with Crippen LogP contribution in [0.25, 0.3) is 0 Å². The van der Waals surface area contributed by atoms with Crippen LogP contribution in [0, 0.1) is 0 Å². The van der Waals surface area contributed by atoms with Gasteiger partial charge in [0.25, 0.3) is 0 Å². The highest BCUT2D eigenvalue weighted by Gasteiger charge is 2.09. The Balaban J connectivity index is 2.09. The number of amides is 1. The second kappa shape index (κ2) is 10.9. The van der Waals surface area contributed by atoms with Crippen LogP contribution >= 0.6 is 0 Å². The van der Waals surface area contributed by atoms with Crippen LogP contribution in [-0.4, -0.2) is 57.7 Å². The fourth-order valence-corrected chi connectivity index (χ4v) is 2.35. The summed E-state index contributed by atoms with van der Waals surface area (Å²) < 4.78 is 16.3. The lowest BCUT2D eigenvalue weighted by Crippen LogP contribution is -2.34. The van der Waals surface area contributed by atoms with E-state index >= 15 is 0 Å². The number of aliphatic imine (C=N–C) groups is 1.